The Labute approximate surface area is 143 Å². The van der Waals surface area contributed by atoms with E-state index in [4.69, 9.17) is 4.74 Å². The zero-order chi connectivity index (χ0) is 17.4. The van der Waals surface area contributed by atoms with E-state index in [1.165, 1.54) is 23.1 Å². The first-order valence-corrected chi connectivity index (χ1v) is 8.95. The Morgan fingerprint density at radius 1 is 1.35 bits per heavy atom. The minimum absolute atomic E-state index is 0.0462. The highest BCUT2D eigenvalue weighted by Crippen LogP contribution is 2.27. The predicted molar refractivity (Wildman–Crippen MR) is 89.6 cm³/mol. The van der Waals surface area contributed by atoms with Crippen LogP contribution in [0.1, 0.15) is 33.4 Å². The molecule has 0 aliphatic carbocycles. The Kier molecular flexibility index (Phi) is 8.04. The van der Waals surface area contributed by atoms with Gasteiger partial charge < -0.3 is 10.1 Å². The number of imide groups is 1. The van der Waals surface area contributed by atoms with Crippen molar-refractivity contribution in [1.29, 1.82) is 0 Å². The van der Waals surface area contributed by atoms with Crippen LogP contribution < -0.4 is 10.6 Å². The first-order valence-electron chi connectivity index (χ1n) is 7.19. The highest BCUT2D eigenvalue weighted by molar-refractivity contribution is 8.02. The number of carbonyl (C=O) groups is 3. The molecule has 128 valence electrons. The number of amides is 3. The van der Waals surface area contributed by atoms with Crippen LogP contribution in [0, 0.1) is 0 Å². The smallest absolute Gasteiger partial charge is 0.321 e. The summed E-state index contributed by atoms with van der Waals surface area (Å²) in [5, 5.41) is 6.15. The Bertz CT molecular complexity index is 560. The summed E-state index contributed by atoms with van der Waals surface area (Å²) < 4.78 is 5.52. The lowest BCUT2D eigenvalue weighted by molar-refractivity contribution is -0.142. The molecule has 1 atom stereocenters. The number of nitrogens with zero attached hydrogens (tertiary/aromatic N) is 1. The van der Waals surface area contributed by atoms with Gasteiger partial charge in [-0.05, 0) is 27.7 Å². The number of hydrogen-bond donors (Lipinski definition) is 2. The molecular weight excluding hydrogens is 338 g/mol. The van der Waals surface area contributed by atoms with Gasteiger partial charge in [0.15, 0.2) is 4.34 Å². The van der Waals surface area contributed by atoms with E-state index in [1.807, 2.05) is 13.8 Å². The fraction of sp³-hybridized carbons (Fsp3) is 0.571. The average molecular weight is 359 g/mol. The molecule has 1 heterocycles. The fourth-order valence-corrected chi connectivity index (χ4v) is 3.48. The minimum atomic E-state index is -0.514. The molecule has 0 saturated heterocycles. The largest absolute Gasteiger partial charge is 0.466 e. The maximum Gasteiger partial charge on any atom is 0.321 e. The monoisotopic (exact) mass is 359 g/mol. The third kappa shape index (κ3) is 7.47. The molecule has 1 aromatic rings. The molecule has 0 bridgehead atoms. The molecule has 0 aromatic carbocycles. The fourth-order valence-electron chi connectivity index (χ4n) is 1.50. The predicted octanol–water partition coefficient (Wildman–Crippen LogP) is 1.96. The van der Waals surface area contributed by atoms with Crippen LogP contribution in [-0.2, 0) is 20.7 Å². The summed E-state index contributed by atoms with van der Waals surface area (Å²) in [5.41, 5.74) is 0.612. The highest BCUT2D eigenvalue weighted by Gasteiger charge is 2.19. The molecule has 7 nitrogen and oxygen atoms in total. The van der Waals surface area contributed by atoms with Crippen molar-refractivity contribution in [2.45, 2.75) is 49.7 Å². The van der Waals surface area contributed by atoms with E-state index in [9.17, 15) is 14.4 Å². The molecule has 3 amide bonds. The van der Waals surface area contributed by atoms with Crippen LogP contribution in [-0.4, -0.2) is 40.8 Å². The van der Waals surface area contributed by atoms with Gasteiger partial charge in [0.2, 0.25) is 5.91 Å². The van der Waals surface area contributed by atoms with Crippen molar-refractivity contribution in [3.05, 3.63) is 11.1 Å². The number of ether oxygens (including phenoxy) is 1. The van der Waals surface area contributed by atoms with E-state index in [0.717, 1.165) is 0 Å². The van der Waals surface area contributed by atoms with Crippen molar-refractivity contribution >= 4 is 41.0 Å². The Morgan fingerprint density at radius 2 is 2.04 bits per heavy atom. The number of hydrogen-bond acceptors (Lipinski definition) is 7. The van der Waals surface area contributed by atoms with Crippen molar-refractivity contribution in [2.24, 2.45) is 0 Å². The number of esters is 1. The van der Waals surface area contributed by atoms with Crippen molar-refractivity contribution in [1.82, 2.24) is 15.6 Å². The molecule has 1 aromatic heterocycles. The molecular formula is C14H21N3O4S2. The van der Waals surface area contributed by atoms with E-state index in [0.29, 0.717) is 16.6 Å². The summed E-state index contributed by atoms with van der Waals surface area (Å²) in [5.74, 6) is -0.721. The average Bonchev–Trinajstić information content (AvgIpc) is 2.84. The van der Waals surface area contributed by atoms with Crippen LogP contribution in [0.3, 0.4) is 0 Å². The summed E-state index contributed by atoms with van der Waals surface area (Å²) in [4.78, 5) is 39.1. The molecule has 1 rings (SSSR count). The second-order valence-electron chi connectivity index (χ2n) is 4.96. The molecule has 0 fully saturated rings. The summed E-state index contributed by atoms with van der Waals surface area (Å²) >= 11 is 2.59. The van der Waals surface area contributed by atoms with Gasteiger partial charge >= 0.3 is 12.0 Å². The van der Waals surface area contributed by atoms with Gasteiger partial charge in [-0.1, -0.05) is 11.8 Å². The van der Waals surface area contributed by atoms with Gasteiger partial charge in [0, 0.05) is 11.4 Å². The molecule has 23 heavy (non-hydrogen) atoms. The van der Waals surface area contributed by atoms with E-state index in [1.54, 1.807) is 19.2 Å². The molecule has 2 N–H and O–H groups in total. The standard InChI is InChI=1S/C14H21N3O4S2/c1-5-21-11(18)6-10-7-22-14(16-10)23-9(4)12(19)17-13(20)15-8(2)3/h7-9H,5-6H2,1-4H3,(H2,15,17,19,20)/t9-/m1/s1. The summed E-state index contributed by atoms with van der Waals surface area (Å²) in [6.45, 7) is 7.39. The Hall–Kier alpha value is -1.61. The van der Waals surface area contributed by atoms with Crippen molar-refractivity contribution in [3.63, 3.8) is 0 Å². The lowest BCUT2D eigenvalue weighted by Gasteiger charge is -2.12. The molecule has 0 unspecified atom stereocenters. The zero-order valence-electron chi connectivity index (χ0n) is 13.5. The van der Waals surface area contributed by atoms with Gasteiger partial charge in [-0.2, -0.15) is 0 Å². The third-order valence-electron chi connectivity index (χ3n) is 2.46. The SMILES string of the molecule is CCOC(=O)Cc1csc(S[C@H](C)C(=O)NC(=O)NC(C)C)n1. The molecule has 0 radical (unpaired) electrons. The van der Waals surface area contributed by atoms with Crippen LogP contribution in [0.25, 0.3) is 0 Å². The van der Waals surface area contributed by atoms with Crippen molar-refractivity contribution in [3.8, 4) is 0 Å². The summed E-state index contributed by atoms with van der Waals surface area (Å²) in [7, 11) is 0. The molecule has 0 saturated carbocycles. The van der Waals surface area contributed by atoms with Crippen LogP contribution in [0.4, 0.5) is 4.79 Å². The normalized spacial score (nSPS) is 11.9. The Morgan fingerprint density at radius 3 is 2.65 bits per heavy atom. The molecule has 9 heteroatoms. The van der Waals surface area contributed by atoms with Gasteiger partial charge in [0.1, 0.15) is 0 Å². The van der Waals surface area contributed by atoms with E-state index in [-0.39, 0.29) is 18.4 Å². The van der Waals surface area contributed by atoms with E-state index in [2.05, 4.69) is 15.6 Å². The number of aromatic nitrogens is 1. The van der Waals surface area contributed by atoms with Crippen LogP contribution in [0.15, 0.2) is 9.72 Å². The number of thiazole rings is 1. The quantitative estimate of drug-likeness (QED) is 0.570. The Balaban J connectivity index is 2.49. The second-order valence-corrected chi connectivity index (χ2v) is 7.41. The van der Waals surface area contributed by atoms with Crippen LogP contribution in [0.2, 0.25) is 0 Å². The minimum Gasteiger partial charge on any atom is -0.466 e. The number of rotatable bonds is 7. The topological polar surface area (TPSA) is 97.4 Å². The van der Waals surface area contributed by atoms with Gasteiger partial charge in [-0.15, -0.1) is 11.3 Å². The second kappa shape index (κ2) is 9.51. The molecule has 0 aliphatic rings. The maximum absolute atomic E-state index is 11.9. The number of nitrogens with one attached hydrogen (secondary N) is 2. The van der Waals surface area contributed by atoms with E-state index >= 15 is 0 Å². The highest BCUT2D eigenvalue weighted by atomic mass is 32.2. The first-order chi connectivity index (χ1) is 10.8. The maximum atomic E-state index is 11.9. The summed E-state index contributed by atoms with van der Waals surface area (Å²) in [6, 6.07) is -0.560. The van der Waals surface area contributed by atoms with Crippen LogP contribution >= 0.6 is 23.1 Å². The zero-order valence-corrected chi connectivity index (χ0v) is 15.2. The van der Waals surface area contributed by atoms with Gasteiger partial charge in [0.25, 0.3) is 0 Å². The van der Waals surface area contributed by atoms with E-state index < -0.39 is 17.2 Å². The third-order valence-corrected chi connectivity index (χ3v) is 4.59. The van der Waals surface area contributed by atoms with Gasteiger partial charge in [0.05, 0.1) is 24.0 Å². The summed E-state index contributed by atoms with van der Waals surface area (Å²) in [6.07, 6.45) is 0.113. The van der Waals surface area contributed by atoms with Crippen LogP contribution in [0.5, 0.6) is 0 Å². The first kappa shape index (κ1) is 19.4. The number of thioether (sulfide) groups is 1. The van der Waals surface area contributed by atoms with Gasteiger partial charge in [-0.3, -0.25) is 14.9 Å². The van der Waals surface area contributed by atoms with Gasteiger partial charge in [-0.25, -0.2) is 9.78 Å². The van der Waals surface area contributed by atoms with Crippen molar-refractivity contribution in [2.75, 3.05) is 6.61 Å². The number of urea groups is 1. The van der Waals surface area contributed by atoms with Crippen molar-refractivity contribution < 1.29 is 19.1 Å². The molecule has 0 spiro atoms. The lowest BCUT2D eigenvalue weighted by atomic mass is 10.3. The molecule has 0 aliphatic heterocycles. The lowest BCUT2D eigenvalue weighted by Crippen LogP contribution is -2.45. The number of carbonyl (C=O) groups excluding carboxylic acids is 3.